The van der Waals surface area contributed by atoms with Crippen molar-refractivity contribution in [3.05, 3.63) is 34.4 Å². The highest BCUT2D eigenvalue weighted by atomic mass is 31.2. The first kappa shape index (κ1) is 22.2. The van der Waals surface area contributed by atoms with E-state index in [-0.39, 0.29) is 23.2 Å². The summed E-state index contributed by atoms with van der Waals surface area (Å²) in [5.74, 6) is 0. The Labute approximate surface area is 168 Å². The van der Waals surface area contributed by atoms with E-state index in [0.717, 1.165) is 22.3 Å². The van der Waals surface area contributed by atoms with Gasteiger partial charge in [0.1, 0.15) is 0 Å². The van der Waals surface area contributed by atoms with Gasteiger partial charge in [-0.25, -0.2) is 0 Å². The molecule has 0 atom stereocenters. The molecule has 2 heterocycles. The number of benzene rings is 1. The smallest absolute Gasteiger partial charge is 0.308 e. The summed E-state index contributed by atoms with van der Waals surface area (Å²) in [7, 11) is -6.29. The fourth-order valence-corrected chi connectivity index (χ4v) is 7.34. The summed E-state index contributed by atoms with van der Waals surface area (Å²) in [6.45, 7) is 13.7. The molecule has 0 aliphatic carbocycles. The molecule has 0 bridgehead atoms. The Morgan fingerprint density at radius 2 is 1.00 bits per heavy atom. The maximum absolute atomic E-state index is 12.9. The van der Waals surface area contributed by atoms with Crippen molar-refractivity contribution in [3.63, 3.8) is 0 Å². The molecule has 2 aliphatic rings. The van der Waals surface area contributed by atoms with Gasteiger partial charge >= 0.3 is 15.2 Å². The molecule has 0 spiro atoms. The highest BCUT2D eigenvalue weighted by Gasteiger charge is 2.38. The molecule has 0 aromatic heterocycles. The lowest BCUT2D eigenvalue weighted by Gasteiger charge is -2.34. The van der Waals surface area contributed by atoms with Crippen LogP contribution >= 0.6 is 15.2 Å². The van der Waals surface area contributed by atoms with Gasteiger partial charge in [0.15, 0.2) is 0 Å². The van der Waals surface area contributed by atoms with Crippen LogP contribution < -0.4 is 0 Å². The molecule has 2 aliphatic heterocycles. The summed E-state index contributed by atoms with van der Waals surface area (Å²) >= 11 is 0. The molecule has 2 fully saturated rings. The van der Waals surface area contributed by atoms with Crippen LogP contribution in [-0.4, -0.2) is 26.4 Å². The Kier molecular flexibility index (Phi) is 6.07. The zero-order valence-electron chi connectivity index (χ0n) is 17.7. The van der Waals surface area contributed by atoms with Gasteiger partial charge < -0.3 is 18.1 Å². The minimum Gasteiger partial charge on any atom is -0.308 e. The SMILES string of the molecule is Cc1cc(CP2(=O)OCC(C)(C)CO2)c(C)cc1CP1(=O)OCC(C)(C)CO1. The standard InChI is InChI=1S/C20H32O6P2/c1-15-7-18(10-28(22)25-13-20(5,6)14-26-28)16(2)8-17(15)9-27(21)23-11-19(3,4)12-24-27/h7-8H,9-14H2,1-6H3. The minimum absolute atomic E-state index is 0.122. The van der Waals surface area contributed by atoms with Crippen molar-refractivity contribution in [1.29, 1.82) is 0 Å². The molecule has 8 heteroatoms. The molecule has 6 nitrogen and oxygen atoms in total. The highest BCUT2D eigenvalue weighted by Crippen LogP contribution is 2.58. The molecule has 0 amide bonds. The first-order chi connectivity index (χ1) is 12.8. The van der Waals surface area contributed by atoms with E-state index in [0.29, 0.717) is 26.4 Å². The van der Waals surface area contributed by atoms with Gasteiger partial charge in [-0.2, -0.15) is 0 Å². The summed E-state index contributed by atoms with van der Waals surface area (Å²) in [6.07, 6.45) is 0.490. The van der Waals surface area contributed by atoms with Crippen molar-refractivity contribution >= 4 is 15.2 Å². The Bertz CT molecular complexity index is 748. The van der Waals surface area contributed by atoms with E-state index in [2.05, 4.69) is 0 Å². The van der Waals surface area contributed by atoms with E-state index >= 15 is 0 Å². The summed E-state index contributed by atoms with van der Waals surface area (Å²) in [4.78, 5) is 0. The molecule has 0 radical (unpaired) electrons. The topological polar surface area (TPSA) is 71.1 Å². The first-order valence-corrected chi connectivity index (χ1v) is 13.1. The summed E-state index contributed by atoms with van der Waals surface area (Å²) in [6, 6.07) is 3.97. The number of hydrogen-bond acceptors (Lipinski definition) is 6. The molecule has 0 saturated carbocycles. The number of rotatable bonds is 4. The van der Waals surface area contributed by atoms with Crippen molar-refractivity contribution in [2.24, 2.45) is 10.8 Å². The number of hydrogen-bond donors (Lipinski definition) is 0. The van der Waals surface area contributed by atoms with E-state index < -0.39 is 15.2 Å². The maximum atomic E-state index is 12.9. The van der Waals surface area contributed by atoms with Gasteiger partial charge in [-0.05, 0) is 36.1 Å². The highest BCUT2D eigenvalue weighted by molar-refractivity contribution is 7.53. The van der Waals surface area contributed by atoms with Crippen LogP contribution in [0, 0.1) is 24.7 Å². The van der Waals surface area contributed by atoms with Crippen molar-refractivity contribution in [1.82, 2.24) is 0 Å². The minimum atomic E-state index is -3.14. The maximum Gasteiger partial charge on any atom is 0.335 e. The van der Waals surface area contributed by atoms with E-state index in [1.807, 2.05) is 53.7 Å². The quantitative estimate of drug-likeness (QED) is 0.559. The lowest BCUT2D eigenvalue weighted by atomic mass is 9.97. The second kappa shape index (κ2) is 7.65. The third kappa shape index (κ3) is 5.36. The molecule has 0 N–H and O–H groups in total. The van der Waals surface area contributed by atoms with Gasteiger partial charge in [0.25, 0.3) is 0 Å². The van der Waals surface area contributed by atoms with E-state index in [9.17, 15) is 9.13 Å². The molecule has 1 aromatic rings. The Balaban J connectivity index is 1.73. The molecular formula is C20H32O6P2. The monoisotopic (exact) mass is 430 g/mol. The van der Waals surface area contributed by atoms with Crippen molar-refractivity contribution in [3.8, 4) is 0 Å². The van der Waals surface area contributed by atoms with Gasteiger partial charge in [0.2, 0.25) is 0 Å². The van der Waals surface area contributed by atoms with Gasteiger partial charge in [-0.15, -0.1) is 0 Å². The van der Waals surface area contributed by atoms with Crippen LogP contribution in [0.5, 0.6) is 0 Å². The second-order valence-corrected chi connectivity index (χ2v) is 13.8. The Hall–Kier alpha value is -0.480. The number of aryl methyl sites for hydroxylation is 2. The van der Waals surface area contributed by atoms with Crippen LogP contribution in [0.4, 0.5) is 0 Å². The first-order valence-electron chi connectivity index (χ1n) is 9.66. The van der Waals surface area contributed by atoms with Crippen LogP contribution in [0.25, 0.3) is 0 Å². The Morgan fingerprint density at radius 1 is 0.714 bits per heavy atom. The zero-order valence-corrected chi connectivity index (χ0v) is 19.5. The molecule has 28 heavy (non-hydrogen) atoms. The van der Waals surface area contributed by atoms with Crippen molar-refractivity contribution in [2.45, 2.75) is 53.9 Å². The van der Waals surface area contributed by atoms with Crippen LogP contribution in [-0.2, 0) is 39.5 Å². The third-order valence-corrected chi connectivity index (χ3v) is 8.68. The lowest BCUT2D eigenvalue weighted by Crippen LogP contribution is -2.29. The van der Waals surface area contributed by atoms with Crippen LogP contribution in [0.15, 0.2) is 12.1 Å². The fraction of sp³-hybridized carbons (Fsp3) is 0.700. The van der Waals surface area contributed by atoms with Gasteiger partial charge in [0, 0.05) is 10.8 Å². The third-order valence-electron chi connectivity index (χ3n) is 5.13. The van der Waals surface area contributed by atoms with E-state index in [1.165, 1.54) is 0 Å². The van der Waals surface area contributed by atoms with E-state index in [1.54, 1.807) is 0 Å². The molecule has 0 unspecified atom stereocenters. The predicted molar refractivity (Wildman–Crippen MR) is 110 cm³/mol. The van der Waals surface area contributed by atoms with E-state index in [4.69, 9.17) is 18.1 Å². The molecular weight excluding hydrogens is 398 g/mol. The largest absolute Gasteiger partial charge is 0.335 e. The molecule has 158 valence electrons. The van der Waals surface area contributed by atoms with Gasteiger partial charge in [-0.3, -0.25) is 9.13 Å². The molecule has 2 saturated heterocycles. The molecule has 3 rings (SSSR count). The average Bonchev–Trinajstić information content (AvgIpc) is 2.59. The second-order valence-electron chi connectivity index (χ2n) is 9.67. The van der Waals surface area contributed by atoms with Gasteiger partial charge in [0.05, 0.1) is 38.8 Å². The van der Waals surface area contributed by atoms with Crippen LogP contribution in [0.3, 0.4) is 0 Å². The predicted octanol–water partition coefficient (Wildman–Crippen LogP) is 5.84. The average molecular weight is 430 g/mol. The lowest BCUT2D eigenvalue weighted by molar-refractivity contribution is 0.0406. The zero-order chi connectivity index (χ0) is 20.8. The van der Waals surface area contributed by atoms with Gasteiger partial charge in [-0.1, -0.05) is 39.8 Å². The summed E-state index contributed by atoms with van der Waals surface area (Å²) < 4.78 is 48.3. The Morgan fingerprint density at radius 3 is 1.29 bits per heavy atom. The fourth-order valence-electron chi connectivity index (χ4n) is 3.13. The van der Waals surface area contributed by atoms with Crippen LogP contribution in [0.2, 0.25) is 0 Å². The summed E-state index contributed by atoms with van der Waals surface area (Å²) in [5.41, 5.74) is 3.55. The van der Waals surface area contributed by atoms with Crippen molar-refractivity contribution in [2.75, 3.05) is 26.4 Å². The molecule has 1 aromatic carbocycles. The van der Waals surface area contributed by atoms with Crippen LogP contribution in [0.1, 0.15) is 49.9 Å². The summed E-state index contributed by atoms with van der Waals surface area (Å²) in [5, 5.41) is 0. The van der Waals surface area contributed by atoms with Crippen molar-refractivity contribution < 1.29 is 27.2 Å². The normalized spacial score (nSPS) is 25.4.